The second-order valence-electron chi connectivity index (χ2n) is 5.51. The first-order valence-corrected chi connectivity index (χ1v) is 6.42. The number of likely N-dealkylation sites (N-methyl/N-ethyl adjacent to an activating group) is 1. The molecule has 0 saturated heterocycles. The lowest BCUT2D eigenvalue weighted by molar-refractivity contribution is 0.150. The summed E-state index contributed by atoms with van der Waals surface area (Å²) >= 11 is 0. The van der Waals surface area contributed by atoms with E-state index in [-0.39, 0.29) is 5.54 Å². The summed E-state index contributed by atoms with van der Waals surface area (Å²) in [4.78, 5) is 2.40. The molecular weight excluding hydrogens is 208 g/mol. The summed E-state index contributed by atoms with van der Waals surface area (Å²) < 4.78 is 0. The summed E-state index contributed by atoms with van der Waals surface area (Å²) in [5, 5.41) is 0. The number of nitrogens with two attached hydrogens (primary N) is 1. The molecule has 17 heavy (non-hydrogen) atoms. The summed E-state index contributed by atoms with van der Waals surface area (Å²) in [6.45, 7) is 8.47. The first-order valence-electron chi connectivity index (χ1n) is 6.42. The van der Waals surface area contributed by atoms with E-state index >= 15 is 0 Å². The fourth-order valence-electron chi connectivity index (χ4n) is 1.90. The molecule has 1 aromatic carbocycles. The first kappa shape index (κ1) is 14.2. The van der Waals surface area contributed by atoms with E-state index in [9.17, 15) is 0 Å². The summed E-state index contributed by atoms with van der Waals surface area (Å²) in [7, 11) is 2.18. The van der Waals surface area contributed by atoms with Crippen LogP contribution in [0, 0.1) is 6.92 Å². The van der Waals surface area contributed by atoms with Crippen molar-refractivity contribution in [1.82, 2.24) is 4.90 Å². The molecule has 1 aromatic rings. The largest absolute Gasteiger partial charge is 0.330 e. The van der Waals surface area contributed by atoms with Crippen LogP contribution in [0.4, 0.5) is 0 Å². The third-order valence-corrected chi connectivity index (χ3v) is 3.65. The Labute approximate surface area is 106 Å². The van der Waals surface area contributed by atoms with E-state index in [1.807, 2.05) is 0 Å². The minimum atomic E-state index is 0.194. The molecule has 0 fully saturated rings. The molecule has 2 nitrogen and oxygen atoms in total. The normalized spacial score (nSPS) is 12.1. The van der Waals surface area contributed by atoms with Gasteiger partial charge in [0.15, 0.2) is 0 Å². The van der Waals surface area contributed by atoms with Gasteiger partial charge in [0.05, 0.1) is 0 Å². The monoisotopic (exact) mass is 234 g/mol. The molecule has 0 radical (unpaired) electrons. The molecule has 0 aliphatic rings. The minimum Gasteiger partial charge on any atom is -0.330 e. The SMILES string of the molecule is Cc1ccc(CCN(C)C(C)(C)CCN)cc1. The standard InChI is InChI=1S/C15H26N2/c1-13-5-7-14(8-6-13)9-12-17(4)15(2,3)10-11-16/h5-8H,9-12,16H2,1-4H3. The van der Waals surface area contributed by atoms with Crippen molar-refractivity contribution in [2.24, 2.45) is 5.73 Å². The average Bonchev–Trinajstić information content (AvgIpc) is 2.27. The maximum absolute atomic E-state index is 5.65. The zero-order valence-electron chi connectivity index (χ0n) is 11.7. The topological polar surface area (TPSA) is 29.3 Å². The van der Waals surface area contributed by atoms with Crippen molar-refractivity contribution in [1.29, 1.82) is 0 Å². The maximum atomic E-state index is 5.65. The molecule has 2 heteroatoms. The summed E-state index contributed by atoms with van der Waals surface area (Å²) in [5.74, 6) is 0. The van der Waals surface area contributed by atoms with Gasteiger partial charge in [0.25, 0.3) is 0 Å². The fraction of sp³-hybridized carbons (Fsp3) is 0.600. The maximum Gasteiger partial charge on any atom is 0.0162 e. The van der Waals surface area contributed by atoms with E-state index in [0.29, 0.717) is 0 Å². The van der Waals surface area contributed by atoms with Gasteiger partial charge >= 0.3 is 0 Å². The highest BCUT2D eigenvalue weighted by molar-refractivity contribution is 5.21. The molecule has 0 heterocycles. The van der Waals surface area contributed by atoms with E-state index in [2.05, 4.69) is 57.0 Å². The molecule has 96 valence electrons. The Morgan fingerprint density at radius 2 is 1.76 bits per heavy atom. The Hall–Kier alpha value is -0.860. The second kappa shape index (κ2) is 6.18. The van der Waals surface area contributed by atoms with Crippen LogP contribution in [-0.2, 0) is 6.42 Å². The minimum absolute atomic E-state index is 0.194. The third kappa shape index (κ3) is 4.49. The van der Waals surface area contributed by atoms with Gasteiger partial charge in [-0.2, -0.15) is 0 Å². The third-order valence-electron chi connectivity index (χ3n) is 3.65. The molecular formula is C15H26N2. The van der Waals surface area contributed by atoms with E-state index in [4.69, 9.17) is 5.73 Å². The smallest absolute Gasteiger partial charge is 0.0162 e. The highest BCUT2D eigenvalue weighted by Gasteiger charge is 2.21. The zero-order chi connectivity index (χ0) is 12.9. The van der Waals surface area contributed by atoms with E-state index in [0.717, 1.165) is 25.9 Å². The first-order chi connectivity index (χ1) is 7.95. The van der Waals surface area contributed by atoms with Crippen LogP contribution in [0.3, 0.4) is 0 Å². The van der Waals surface area contributed by atoms with Crippen molar-refractivity contribution < 1.29 is 0 Å². The van der Waals surface area contributed by atoms with Gasteiger partial charge in [-0.3, -0.25) is 0 Å². The van der Waals surface area contributed by atoms with E-state index in [1.165, 1.54) is 11.1 Å². The van der Waals surface area contributed by atoms with Crippen molar-refractivity contribution in [3.63, 3.8) is 0 Å². The fourth-order valence-corrected chi connectivity index (χ4v) is 1.90. The molecule has 0 aliphatic heterocycles. The van der Waals surface area contributed by atoms with Crippen molar-refractivity contribution >= 4 is 0 Å². The molecule has 0 aliphatic carbocycles. The van der Waals surface area contributed by atoms with Gasteiger partial charge in [-0.1, -0.05) is 29.8 Å². The van der Waals surface area contributed by atoms with Crippen molar-refractivity contribution in [3.8, 4) is 0 Å². The lowest BCUT2D eigenvalue weighted by Crippen LogP contribution is -2.43. The van der Waals surface area contributed by atoms with Crippen LogP contribution in [0.2, 0.25) is 0 Å². The molecule has 0 bridgehead atoms. The number of aryl methyl sites for hydroxylation is 1. The molecule has 2 N–H and O–H groups in total. The highest BCUT2D eigenvalue weighted by Crippen LogP contribution is 2.16. The van der Waals surface area contributed by atoms with Gasteiger partial charge in [0.2, 0.25) is 0 Å². The van der Waals surface area contributed by atoms with Crippen molar-refractivity contribution in [2.75, 3.05) is 20.1 Å². The quantitative estimate of drug-likeness (QED) is 0.820. The van der Waals surface area contributed by atoms with Crippen molar-refractivity contribution in [2.45, 2.75) is 39.2 Å². The van der Waals surface area contributed by atoms with Gasteiger partial charge in [-0.05, 0) is 52.8 Å². The van der Waals surface area contributed by atoms with Crippen LogP contribution < -0.4 is 5.73 Å². The average molecular weight is 234 g/mol. The Morgan fingerprint density at radius 3 is 2.29 bits per heavy atom. The summed E-state index contributed by atoms with van der Waals surface area (Å²) in [6, 6.07) is 8.80. The Morgan fingerprint density at radius 1 is 1.18 bits per heavy atom. The van der Waals surface area contributed by atoms with Crippen LogP contribution in [0.25, 0.3) is 0 Å². The predicted molar refractivity (Wildman–Crippen MR) is 75.3 cm³/mol. The molecule has 0 amide bonds. The van der Waals surface area contributed by atoms with E-state index in [1.54, 1.807) is 0 Å². The van der Waals surface area contributed by atoms with Crippen LogP contribution in [0.15, 0.2) is 24.3 Å². The molecule has 0 spiro atoms. The van der Waals surface area contributed by atoms with E-state index < -0.39 is 0 Å². The van der Waals surface area contributed by atoms with Crippen molar-refractivity contribution in [3.05, 3.63) is 35.4 Å². The summed E-state index contributed by atoms with van der Waals surface area (Å²) in [5.41, 5.74) is 8.58. The lowest BCUT2D eigenvalue weighted by Gasteiger charge is -2.35. The van der Waals surface area contributed by atoms with Gasteiger partial charge in [0, 0.05) is 12.1 Å². The number of rotatable bonds is 6. The Bertz CT molecular complexity index is 327. The Kier molecular flexibility index (Phi) is 5.16. The van der Waals surface area contributed by atoms with Crippen LogP contribution in [0.1, 0.15) is 31.4 Å². The summed E-state index contributed by atoms with van der Waals surface area (Å²) in [6.07, 6.45) is 2.14. The lowest BCUT2D eigenvalue weighted by atomic mass is 9.98. The van der Waals surface area contributed by atoms with Crippen LogP contribution in [-0.4, -0.2) is 30.6 Å². The second-order valence-corrected chi connectivity index (χ2v) is 5.51. The number of hydrogen-bond donors (Lipinski definition) is 1. The zero-order valence-corrected chi connectivity index (χ0v) is 11.7. The van der Waals surface area contributed by atoms with Gasteiger partial charge < -0.3 is 10.6 Å². The number of benzene rings is 1. The van der Waals surface area contributed by atoms with Gasteiger partial charge in [-0.25, -0.2) is 0 Å². The number of nitrogens with zero attached hydrogens (tertiary/aromatic N) is 1. The highest BCUT2D eigenvalue weighted by atomic mass is 15.2. The molecule has 0 unspecified atom stereocenters. The number of hydrogen-bond acceptors (Lipinski definition) is 2. The van der Waals surface area contributed by atoms with Crippen LogP contribution >= 0.6 is 0 Å². The van der Waals surface area contributed by atoms with Crippen LogP contribution in [0.5, 0.6) is 0 Å². The predicted octanol–water partition coefficient (Wildman–Crippen LogP) is 2.60. The molecule has 0 aromatic heterocycles. The molecule has 0 saturated carbocycles. The van der Waals surface area contributed by atoms with Gasteiger partial charge in [-0.15, -0.1) is 0 Å². The molecule has 1 rings (SSSR count). The van der Waals surface area contributed by atoms with Gasteiger partial charge in [0.1, 0.15) is 0 Å². The molecule has 0 atom stereocenters. The Balaban J connectivity index is 2.47.